The molecule has 1 aliphatic heterocycles. The minimum absolute atomic E-state index is 0.455. The summed E-state index contributed by atoms with van der Waals surface area (Å²) in [7, 11) is 0. The number of halogens is 3. The van der Waals surface area contributed by atoms with Crippen LogP contribution in [-0.2, 0) is 0 Å². The summed E-state index contributed by atoms with van der Waals surface area (Å²) in [6.45, 7) is 4.32. The highest BCUT2D eigenvalue weighted by Gasteiger charge is 2.09. The van der Waals surface area contributed by atoms with Gasteiger partial charge < -0.3 is 9.64 Å². The molecule has 5 rings (SSSR count). The first kappa shape index (κ1) is 22.4. The van der Waals surface area contributed by atoms with Crippen molar-refractivity contribution in [2.75, 3.05) is 26.2 Å². The molecule has 0 aromatic carbocycles. The lowest BCUT2D eigenvalue weighted by Gasteiger charge is -2.26. The van der Waals surface area contributed by atoms with Crippen molar-refractivity contribution in [2.45, 2.75) is 25.7 Å². The van der Waals surface area contributed by atoms with Gasteiger partial charge in [0.2, 0.25) is 5.88 Å². The Morgan fingerprint density at radius 2 is 1.52 bits per heavy atom. The van der Waals surface area contributed by atoms with Gasteiger partial charge in [0, 0.05) is 12.6 Å². The molecule has 0 aliphatic carbocycles. The number of imidazole rings is 2. The summed E-state index contributed by atoms with van der Waals surface area (Å²) in [5.74, 6) is 0.648. The number of hydrogen-bond donors (Lipinski definition) is 0. The fourth-order valence-corrected chi connectivity index (χ4v) is 4.24. The number of likely N-dealkylation sites (tertiary alicyclic amines) is 1. The molecule has 4 aromatic heterocycles. The molecule has 11 heteroatoms. The van der Waals surface area contributed by atoms with Gasteiger partial charge in [-0.05, 0) is 82.4 Å². The number of rotatable bonds is 5. The van der Waals surface area contributed by atoms with Gasteiger partial charge in [0.15, 0.2) is 11.3 Å². The van der Waals surface area contributed by atoms with E-state index in [2.05, 4.69) is 56.9 Å². The molecule has 1 saturated heterocycles. The molecule has 0 bridgehead atoms. The Hall–Kier alpha value is -1.75. The largest absolute Gasteiger partial charge is 0.477 e. The SMILES string of the molecule is Brc1cnc2ccc(OCCCN3CCCCC3)nn12.Clc1ccc2ncc(Br)n2n1. The average molecular weight is 572 g/mol. The van der Waals surface area contributed by atoms with Crippen LogP contribution in [0.1, 0.15) is 25.7 Å². The Labute approximate surface area is 201 Å². The highest BCUT2D eigenvalue weighted by Crippen LogP contribution is 2.15. The van der Waals surface area contributed by atoms with Gasteiger partial charge in [-0.25, -0.2) is 19.0 Å². The molecule has 0 N–H and O–H groups in total. The van der Waals surface area contributed by atoms with Crippen LogP contribution in [-0.4, -0.2) is 60.3 Å². The lowest BCUT2D eigenvalue weighted by molar-refractivity contribution is 0.202. The first-order valence-electron chi connectivity index (χ1n) is 10.1. The van der Waals surface area contributed by atoms with Crippen LogP contribution in [0, 0.1) is 0 Å². The van der Waals surface area contributed by atoms with Crippen LogP contribution in [0.15, 0.2) is 45.9 Å². The molecule has 0 unspecified atom stereocenters. The lowest BCUT2D eigenvalue weighted by Crippen LogP contribution is -2.31. The zero-order valence-electron chi connectivity index (χ0n) is 16.8. The topological polar surface area (TPSA) is 72.8 Å². The number of hydrogen-bond acceptors (Lipinski definition) is 6. The van der Waals surface area contributed by atoms with Gasteiger partial charge in [0.1, 0.15) is 14.4 Å². The Kier molecular flexibility index (Phi) is 7.76. The van der Waals surface area contributed by atoms with Crippen molar-refractivity contribution in [3.63, 3.8) is 0 Å². The van der Waals surface area contributed by atoms with E-state index >= 15 is 0 Å². The standard InChI is InChI=1S/C14H19BrN4O.C6H3BrClN3/c15-12-11-16-13-5-6-14(17-19(12)13)20-10-4-9-18-7-2-1-3-8-18;7-4-3-9-6-2-1-5(8)10-11(4)6/h5-6,11H,1-4,7-10H2;1-3H. The molecule has 0 spiro atoms. The summed E-state index contributed by atoms with van der Waals surface area (Å²) in [5, 5.41) is 8.85. The van der Waals surface area contributed by atoms with Gasteiger partial charge in [-0.2, -0.15) is 5.10 Å². The molecular formula is C20H22Br2ClN7O. The molecule has 164 valence electrons. The normalized spacial score (nSPS) is 14.5. The fourth-order valence-electron chi connectivity index (χ4n) is 3.38. The Balaban J connectivity index is 0.000000177. The molecule has 4 aromatic rings. The molecule has 1 fully saturated rings. The van der Waals surface area contributed by atoms with Gasteiger partial charge >= 0.3 is 0 Å². The van der Waals surface area contributed by atoms with E-state index in [-0.39, 0.29) is 0 Å². The maximum Gasteiger partial charge on any atom is 0.231 e. The van der Waals surface area contributed by atoms with Crippen LogP contribution in [0.2, 0.25) is 5.15 Å². The molecule has 0 amide bonds. The van der Waals surface area contributed by atoms with Crippen LogP contribution in [0.25, 0.3) is 11.3 Å². The van der Waals surface area contributed by atoms with E-state index in [1.807, 2.05) is 12.1 Å². The highest BCUT2D eigenvalue weighted by atomic mass is 79.9. The van der Waals surface area contributed by atoms with Crippen molar-refractivity contribution in [3.8, 4) is 5.88 Å². The van der Waals surface area contributed by atoms with Crippen LogP contribution >= 0.6 is 43.5 Å². The summed E-state index contributed by atoms with van der Waals surface area (Å²) < 4.78 is 10.7. The molecule has 0 atom stereocenters. The van der Waals surface area contributed by atoms with Crippen molar-refractivity contribution in [1.29, 1.82) is 0 Å². The van der Waals surface area contributed by atoms with E-state index in [0.717, 1.165) is 33.5 Å². The van der Waals surface area contributed by atoms with Gasteiger partial charge in [0.05, 0.1) is 19.0 Å². The second-order valence-electron chi connectivity index (χ2n) is 7.13. The third-order valence-electron chi connectivity index (χ3n) is 4.90. The van der Waals surface area contributed by atoms with E-state index in [9.17, 15) is 0 Å². The maximum absolute atomic E-state index is 5.72. The van der Waals surface area contributed by atoms with Crippen LogP contribution in [0.3, 0.4) is 0 Å². The molecular weight excluding hydrogens is 550 g/mol. The Morgan fingerprint density at radius 1 is 0.871 bits per heavy atom. The highest BCUT2D eigenvalue weighted by molar-refractivity contribution is 9.10. The van der Waals surface area contributed by atoms with E-state index in [4.69, 9.17) is 16.3 Å². The van der Waals surface area contributed by atoms with Crippen LogP contribution in [0.4, 0.5) is 0 Å². The summed E-state index contributed by atoms with van der Waals surface area (Å²) in [5.41, 5.74) is 1.60. The van der Waals surface area contributed by atoms with Gasteiger partial charge in [-0.3, -0.25) is 0 Å². The maximum atomic E-state index is 5.72. The first-order valence-corrected chi connectivity index (χ1v) is 12.1. The van der Waals surface area contributed by atoms with Crippen molar-refractivity contribution >= 4 is 54.8 Å². The van der Waals surface area contributed by atoms with Crippen molar-refractivity contribution < 1.29 is 4.74 Å². The molecule has 5 heterocycles. The quantitative estimate of drug-likeness (QED) is 0.318. The third kappa shape index (κ3) is 5.94. The van der Waals surface area contributed by atoms with Gasteiger partial charge in [0.25, 0.3) is 0 Å². The van der Waals surface area contributed by atoms with E-state index in [1.54, 1.807) is 33.6 Å². The van der Waals surface area contributed by atoms with Gasteiger partial charge in [-0.1, -0.05) is 18.0 Å². The van der Waals surface area contributed by atoms with Gasteiger partial charge in [-0.15, -0.1) is 5.10 Å². The number of nitrogens with zero attached hydrogens (tertiary/aromatic N) is 7. The summed E-state index contributed by atoms with van der Waals surface area (Å²) in [6.07, 6.45) is 8.53. The molecule has 31 heavy (non-hydrogen) atoms. The number of piperidine rings is 1. The Morgan fingerprint density at radius 3 is 2.23 bits per heavy atom. The van der Waals surface area contributed by atoms with Crippen molar-refractivity contribution in [1.82, 2.24) is 34.1 Å². The molecule has 8 nitrogen and oxygen atoms in total. The number of ether oxygens (including phenoxy) is 1. The van der Waals surface area contributed by atoms with Crippen LogP contribution in [0.5, 0.6) is 5.88 Å². The average Bonchev–Trinajstić information content (AvgIpc) is 3.35. The zero-order chi connectivity index (χ0) is 21.6. The van der Waals surface area contributed by atoms with Crippen molar-refractivity contribution in [2.24, 2.45) is 0 Å². The molecule has 0 saturated carbocycles. The summed E-state index contributed by atoms with van der Waals surface area (Å²) in [4.78, 5) is 10.8. The molecule has 0 radical (unpaired) electrons. The summed E-state index contributed by atoms with van der Waals surface area (Å²) in [6, 6.07) is 7.30. The first-order chi connectivity index (χ1) is 15.1. The second kappa shape index (κ2) is 10.7. The monoisotopic (exact) mass is 569 g/mol. The smallest absolute Gasteiger partial charge is 0.231 e. The number of fused-ring (bicyclic) bond motifs is 2. The Bertz CT molecular complexity index is 1140. The second-order valence-corrected chi connectivity index (χ2v) is 9.15. The van der Waals surface area contributed by atoms with E-state index in [1.165, 1.54) is 32.4 Å². The minimum atomic E-state index is 0.455. The van der Waals surface area contributed by atoms with E-state index in [0.29, 0.717) is 17.6 Å². The van der Waals surface area contributed by atoms with Crippen LogP contribution < -0.4 is 4.74 Å². The predicted molar refractivity (Wildman–Crippen MR) is 127 cm³/mol. The van der Waals surface area contributed by atoms with E-state index < -0.39 is 0 Å². The predicted octanol–water partition coefficient (Wildman–Crippen LogP) is 4.89. The third-order valence-corrected chi connectivity index (χ3v) is 6.18. The minimum Gasteiger partial charge on any atom is -0.477 e. The fraction of sp³-hybridized carbons (Fsp3) is 0.400. The number of aromatic nitrogens is 6. The summed E-state index contributed by atoms with van der Waals surface area (Å²) >= 11 is 12.4. The van der Waals surface area contributed by atoms with Crippen molar-refractivity contribution in [3.05, 3.63) is 51.0 Å². The zero-order valence-corrected chi connectivity index (χ0v) is 20.7. The lowest BCUT2D eigenvalue weighted by atomic mass is 10.1. The molecule has 1 aliphatic rings.